The number of rotatable bonds is 2. The molecule has 0 aliphatic heterocycles. The number of phenols is 1. The van der Waals surface area contributed by atoms with Gasteiger partial charge in [0.25, 0.3) is 0 Å². The van der Waals surface area contributed by atoms with Gasteiger partial charge in [-0.05, 0) is 30.7 Å². The van der Waals surface area contributed by atoms with Crippen molar-refractivity contribution in [2.75, 3.05) is 0 Å². The van der Waals surface area contributed by atoms with Crippen molar-refractivity contribution in [2.45, 2.75) is 6.92 Å². The summed E-state index contributed by atoms with van der Waals surface area (Å²) in [7, 11) is 0. The Kier molecular flexibility index (Phi) is 5.84. The van der Waals surface area contributed by atoms with Crippen LogP contribution in [0.2, 0.25) is 0 Å². The first-order valence-electron chi connectivity index (χ1n) is 3.80. The Balaban J connectivity index is 0.00000169. The van der Waals surface area contributed by atoms with Crippen molar-refractivity contribution in [3.63, 3.8) is 0 Å². The maximum absolute atomic E-state index is 10.5. The molecule has 0 saturated heterocycles. The molecule has 1 aromatic rings. The fourth-order valence-electron chi connectivity index (χ4n) is 0.882. The fraction of sp³-hybridized carbons (Fsp3) is 0.100. The van der Waals surface area contributed by atoms with Crippen LogP contribution in [0, 0.1) is 0 Å². The van der Waals surface area contributed by atoms with Crippen LogP contribution in [0.1, 0.15) is 12.5 Å². The number of carboxylic acids is 1. The SMILES string of the molecule is CC(=Cc1ccc(O)cc1)C(=O)O.[CaH2]. The second-order valence-corrected chi connectivity index (χ2v) is 2.72. The minimum absolute atomic E-state index is 0. The van der Waals surface area contributed by atoms with E-state index < -0.39 is 5.97 Å². The Morgan fingerprint density at radius 1 is 1.29 bits per heavy atom. The molecule has 0 heterocycles. The first-order chi connectivity index (χ1) is 6.09. The first-order valence-corrected chi connectivity index (χ1v) is 3.80. The Morgan fingerprint density at radius 2 is 1.79 bits per heavy atom. The summed E-state index contributed by atoms with van der Waals surface area (Å²) in [6, 6.07) is 6.34. The molecule has 72 valence electrons. The molecule has 0 aliphatic rings. The van der Waals surface area contributed by atoms with Gasteiger partial charge in [-0.3, -0.25) is 0 Å². The van der Waals surface area contributed by atoms with Crippen LogP contribution < -0.4 is 0 Å². The van der Waals surface area contributed by atoms with Gasteiger partial charge in [0.05, 0.1) is 0 Å². The molecule has 0 saturated carbocycles. The number of hydrogen-bond donors (Lipinski definition) is 2. The average molecular weight is 220 g/mol. The summed E-state index contributed by atoms with van der Waals surface area (Å²) in [4.78, 5) is 10.5. The van der Waals surface area contributed by atoms with Gasteiger partial charge in [-0.15, -0.1) is 0 Å². The van der Waals surface area contributed by atoms with Gasteiger partial charge in [0.1, 0.15) is 5.75 Å². The van der Waals surface area contributed by atoms with Gasteiger partial charge in [-0.1, -0.05) is 12.1 Å². The van der Waals surface area contributed by atoms with Crippen LogP contribution >= 0.6 is 0 Å². The number of benzene rings is 1. The van der Waals surface area contributed by atoms with Crippen molar-refractivity contribution in [3.8, 4) is 5.75 Å². The van der Waals surface area contributed by atoms with Gasteiger partial charge < -0.3 is 10.2 Å². The Bertz CT molecular complexity index is 341. The van der Waals surface area contributed by atoms with Gasteiger partial charge in [0, 0.05) is 5.57 Å². The fourth-order valence-corrected chi connectivity index (χ4v) is 0.882. The first kappa shape index (κ1) is 13.5. The third kappa shape index (κ3) is 4.13. The summed E-state index contributed by atoms with van der Waals surface area (Å²) in [5.41, 5.74) is 1.03. The topological polar surface area (TPSA) is 57.5 Å². The zero-order valence-electron chi connectivity index (χ0n) is 7.19. The van der Waals surface area contributed by atoms with E-state index in [0.717, 1.165) is 5.56 Å². The molecular formula is C10H12CaO3. The second-order valence-electron chi connectivity index (χ2n) is 2.72. The van der Waals surface area contributed by atoms with Gasteiger partial charge in [0.2, 0.25) is 0 Å². The van der Waals surface area contributed by atoms with E-state index in [1.165, 1.54) is 19.1 Å². The summed E-state index contributed by atoms with van der Waals surface area (Å²) in [5.74, 6) is -0.766. The number of hydrogen-bond acceptors (Lipinski definition) is 2. The molecular weight excluding hydrogens is 208 g/mol. The maximum atomic E-state index is 10.5. The van der Waals surface area contributed by atoms with E-state index in [2.05, 4.69) is 0 Å². The van der Waals surface area contributed by atoms with Gasteiger partial charge >= 0.3 is 43.7 Å². The number of carboxylic acid groups (broad SMARTS) is 1. The van der Waals surface area contributed by atoms with Crippen molar-refractivity contribution < 1.29 is 15.0 Å². The minimum atomic E-state index is -0.937. The molecule has 0 aliphatic carbocycles. The monoisotopic (exact) mass is 220 g/mol. The molecule has 0 unspecified atom stereocenters. The van der Waals surface area contributed by atoms with Crippen LogP contribution in [0.3, 0.4) is 0 Å². The van der Waals surface area contributed by atoms with E-state index in [1.54, 1.807) is 18.2 Å². The van der Waals surface area contributed by atoms with E-state index in [-0.39, 0.29) is 49.1 Å². The van der Waals surface area contributed by atoms with Crippen LogP contribution in [0.4, 0.5) is 0 Å². The van der Waals surface area contributed by atoms with Crippen LogP contribution in [-0.4, -0.2) is 53.9 Å². The summed E-state index contributed by atoms with van der Waals surface area (Å²) in [6.45, 7) is 1.52. The average Bonchev–Trinajstić information content (AvgIpc) is 2.08. The van der Waals surface area contributed by atoms with Crippen molar-refractivity contribution in [3.05, 3.63) is 35.4 Å². The van der Waals surface area contributed by atoms with Gasteiger partial charge in [-0.2, -0.15) is 0 Å². The van der Waals surface area contributed by atoms with Crippen molar-refractivity contribution >= 4 is 49.8 Å². The number of aromatic hydroxyl groups is 1. The molecule has 3 nitrogen and oxygen atoms in total. The number of carbonyl (C=O) groups is 1. The molecule has 0 bridgehead atoms. The summed E-state index contributed by atoms with van der Waals surface area (Å²) in [5, 5.41) is 17.5. The van der Waals surface area contributed by atoms with Crippen molar-refractivity contribution in [2.24, 2.45) is 0 Å². The molecule has 0 amide bonds. The van der Waals surface area contributed by atoms with Crippen LogP contribution in [0.15, 0.2) is 29.8 Å². The second kappa shape index (κ2) is 6.06. The molecule has 0 atom stereocenters. The van der Waals surface area contributed by atoms with Crippen LogP contribution in [0.25, 0.3) is 6.08 Å². The van der Waals surface area contributed by atoms with E-state index in [0.29, 0.717) is 0 Å². The third-order valence-electron chi connectivity index (χ3n) is 1.61. The van der Waals surface area contributed by atoms with Crippen LogP contribution in [-0.2, 0) is 4.79 Å². The molecule has 14 heavy (non-hydrogen) atoms. The van der Waals surface area contributed by atoms with E-state index in [1.807, 2.05) is 0 Å². The van der Waals surface area contributed by atoms with Gasteiger partial charge in [0.15, 0.2) is 0 Å². The predicted octanol–water partition coefficient (Wildman–Crippen LogP) is 0.964. The molecule has 1 rings (SSSR count). The Labute approximate surface area is 112 Å². The molecule has 0 spiro atoms. The van der Waals surface area contributed by atoms with Crippen molar-refractivity contribution in [1.82, 2.24) is 0 Å². The standard InChI is InChI=1S/C10H10O3.Ca.2H/c1-7(10(12)13)6-8-2-4-9(11)5-3-8;;;/h2-6,11H,1H3,(H,12,13);;;. The molecule has 0 fully saturated rings. The Hall–Kier alpha value is -0.510. The van der Waals surface area contributed by atoms with E-state index in [4.69, 9.17) is 10.2 Å². The number of aliphatic carboxylic acids is 1. The molecule has 4 heteroatoms. The summed E-state index contributed by atoms with van der Waals surface area (Å²) >= 11 is 0. The Morgan fingerprint density at radius 3 is 2.21 bits per heavy atom. The number of phenolic OH excluding ortho intramolecular Hbond substituents is 1. The molecule has 1 aromatic carbocycles. The third-order valence-corrected chi connectivity index (χ3v) is 1.61. The summed E-state index contributed by atoms with van der Waals surface area (Å²) < 4.78 is 0. The zero-order chi connectivity index (χ0) is 9.84. The zero-order valence-corrected chi connectivity index (χ0v) is 7.19. The van der Waals surface area contributed by atoms with E-state index >= 15 is 0 Å². The van der Waals surface area contributed by atoms with E-state index in [9.17, 15) is 4.79 Å². The quantitative estimate of drug-likeness (QED) is 0.576. The molecule has 0 aromatic heterocycles. The van der Waals surface area contributed by atoms with Crippen molar-refractivity contribution in [1.29, 1.82) is 0 Å². The molecule has 0 radical (unpaired) electrons. The predicted molar refractivity (Wildman–Crippen MR) is 57.9 cm³/mol. The molecule has 2 N–H and O–H groups in total. The summed E-state index contributed by atoms with van der Waals surface area (Å²) in [6.07, 6.45) is 1.54. The van der Waals surface area contributed by atoms with Gasteiger partial charge in [-0.25, -0.2) is 4.79 Å². The normalized spacial score (nSPS) is 10.5. The van der Waals surface area contributed by atoms with Crippen LogP contribution in [0.5, 0.6) is 5.75 Å².